The molecule has 0 fully saturated rings. The van der Waals surface area contributed by atoms with Crippen molar-refractivity contribution in [2.75, 3.05) is 5.73 Å². The number of hydrogen-bond acceptors (Lipinski definition) is 5. The summed E-state index contributed by atoms with van der Waals surface area (Å²) in [6, 6.07) is 24.4. The first-order valence-corrected chi connectivity index (χ1v) is 9.70. The van der Waals surface area contributed by atoms with Crippen LogP contribution in [0.1, 0.15) is 23.1 Å². The number of aromatic nitrogens is 1. The van der Waals surface area contributed by atoms with E-state index < -0.39 is 17.7 Å². The highest BCUT2D eigenvalue weighted by Crippen LogP contribution is 2.47. The molecule has 144 valence electrons. The van der Waals surface area contributed by atoms with E-state index in [1.807, 2.05) is 77.5 Å². The molecule has 2 heterocycles. The molecule has 29 heavy (non-hydrogen) atoms. The van der Waals surface area contributed by atoms with Gasteiger partial charge in [0.1, 0.15) is 0 Å². The van der Waals surface area contributed by atoms with Gasteiger partial charge in [-0.25, -0.2) is 0 Å². The van der Waals surface area contributed by atoms with Crippen molar-refractivity contribution in [2.24, 2.45) is 0 Å². The summed E-state index contributed by atoms with van der Waals surface area (Å²) in [5.41, 5.74) is 7.14. The fourth-order valence-corrected chi connectivity index (χ4v) is 4.37. The van der Waals surface area contributed by atoms with Crippen molar-refractivity contribution >= 4 is 18.3 Å². The van der Waals surface area contributed by atoms with Crippen LogP contribution in [-0.4, -0.2) is 5.11 Å². The van der Waals surface area contributed by atoms with Gasteiger partial charge in [0.2, 0.25) is 11.8 Å². The lowest BCUT2D eigenvalue weighted by atomic mass is 9.75. The van der Waals surface area contributed by atoms with Gasteiger partial charge < -0.3 is 16.2 Å². The highest BCUT2D eigenvalue weighted by atomic mass is 32.1. The molecular weight excluding hydrogens is 380 g/mol. The number of allylic oxidation sites excluding steroid dienone is 1. The van der Waals surface area contributed by atoms with Gasteiger partial charge in [0.15, 0.2) is 12.4 Å². The summed E-state index contributed by atoms with van der Waals surface area (Å²) in [6.45, 7) is 0. The highest BCUT2D eigenvalue weighted by Gasteiger charge is 2.55. The Morgan fingerprint density at radius 3 is 2.31 bits per heavy atom. The third kappa shape index (κ3) is 3.35. The van der Waals surface area contributed by atoms with Crippen molar-refractivity contribution in [3.63, 3.8) is 0 Å². The fourth-order valence-electron chi connectivity index (χ4n) is 4.01. The van der Waals surface area contributed by atoms with E-state index in [0.29, 0.717) is 21.9 Å². The van der Waals surface area contributed by atoms with E-state index >= 15 is 0 Å². The lowest BCUT2D eigenvalue weighted by Gasteiger charge is -2.42. The number of nitrogen functional groups attached to an aromatic ring is 1. The summed E-state index contributed by atoms with van der Waals surface area (Å²) in [5.74, 6) is -0.438. The molecule has 0 saturated carbocycles. The smallest absolute Gasteiger partial charge is 0.227 e. The second-order valence-corrected chi connectivity index (χ2v) is 7.50. The zero-order valence-electron chi connectivity index (χ0n) is 15.6. The van der Waals surface area contributed by atoms with Crippen LogP contribution in [0.3, 0.4) is 0 Å². The predicted octanol–water partition coefficient (Wildman–Crippen LogP) is 2.99. The third-order valence-corrected chi connectivity index (χ3v) is 5.63. The minimum Gasteiger partial charge on any atom is -0.394 e. The van der Waals surface area contributed by atoms with E-state index in [1.54, 1.807) is 12.3 Å². The molecular formula is C23H21N4OS+. The third-order valence-electron chi connectivity index (χ3n) is 5.28. The number of nitrogens with zero attached hydrogens (tertiary/aromatic N) is 2. The van der Waals surface area contributed by atoms with Gasteiger partial charge in [-0.05, 0) is 11.6 Å². The molecule has 0 amide bonds. The number of aliphatic hydroxyl groups is 1. The Kier molecular flexibility index (Phi) is 5.01. The minimum atomic E-state index is -1.52. The first kappa shape index (κ1) is 19.1. The number of nitrogens with one attached hydrogen (secondary N) is 1. The number of pyridine rings is 1. The largest absolute Gasteiger partial charge is 0.394 e. The van der Waals surface area contributed by atoms with E-state index in [-0.39, 0.29) is 0 Å². The molecule has 4 rings (SSSR count). The average molecular weight is 402 g/mol. The zero-order chi connectivity index (χ0) is 20.4. The molecule has 0 radical (unpaired) electrons. The molecule has 6 heteroatoms. The van der Waals surface area contributed by atoms with Crippen LogP contribution in [-0.2, 0) is 5.72 Å². The molecule has 1 aliphatic rings. The molecule has 2 aromatic carbocycles. The van der Waals surface area contributed by atoms with Gasteiger partial charge in [0, 0.05) is 11.6 Å². The summed E-state index contributed by atoms with van der Waals surface area (Å²) in [5, 5.41) is 25.4. The molecule has 3 aromatic rings. The molecule has 5 nitrogen and oxygen atoms in total. The van der Waals surface area contributed by atoms with Crippen LogP contribution < -0.4 is 15.6 Å². The number of benzene rings is 2. The van der Waals surface area contributed by atoms with Crippen molar-refractivity contribution in [1.29, 1.82) is 5.26 Å². The molecule has 0 bridgehead atoms. The standard InChI is InChI=1S/C23H20N4OS/c24-14-19-20(16-8-3-1-4-9-16)21(27-13-7-12-18(25)15-27)23(28,26-22(19)29)17-10-5-2-6-11-17/h1-13,15,20-21,26,28H,25H2/p+1. The van der Waals surface area contributed by atoms with Gasteiger partial charge in [0.25, 0.3) is 0 Å². The van der Waals surface area contributed by atoms with Crippen LogP contribution in [0.4, 0.5) is 5.69 Å². The lowest BCUT2D eigenvalue weighted by molar-refractivity contribution is -0.743. The molecule has 0 saturated heterocycles. The predicted molar refractivity (Wildman–Crippen MR) is 114 cm³/mol. The first-order chi connectivity index (χ1) is 14.0. The summed E-state index contributed by atoms with van der Waals surface area (Å²) in [4.78, 5) is 0. The number of rotatable bonds is 3. The van der Waals surface area contributed by atoms with Crippen LogP contribution in [0.5, 0.6) is 0 Å². The van der Waals surface area contributed by atoms with Gasteiger partial charge in [0.05, 0.1) is 28.3 Å². The van der Waals surface area contributed by atoms with Crippen molar-refractivity contribution < 1.29 is 9.67 Å². The molecule has 4 N–H and O–H groups in total. The number of thiol groups is 1. The van der Waals surface area contributed by atoms with Crippen molar-refractivity contribution in [3.8, 4) is 6.07 Å². The Morgan fingerprint density at radius 1 is 1.03 bits per heavy atom. The summed E-state index contributed by atoms with van der Waals surface area (Å²) in [7, 11) is 0. The van der Waals surface area contributed by atoms with Crippen LogP contribution in [0.25, 0.3) is 0 Å². The molecule has 1 aromatic heterocycles. The highest BCUT2D eigenvalue weighted by molar-refractivity contribution is 7.84. The number of nitriles is 1. The van der Waals surface area contributed by atoms with Crippen molar-refractivity contribution in [3.05, 3.63) is 107 Å². The Hall–Kier alpha value is -3.27. The molecule has 3 atom stereocenters. The van der Waals surface area contributed by atoms with Crippen LogP contribution >= 0.6 is 12.6 Å². The SMILES string of the molecule is N#CC1=C(S)NC(O)(c2ccccc2)C([n+]2cccc(N)c2)C1c1ccccc1. The molecule has 0 spiro atoms. The van der Waals surface area contributed by atoms with Gasteiger partial charge in [-0.2, -0.15) is 9.83 Å². The second-order valence-electron chi connectivity index (χ2n) is 7.05. The summed E-state index contributed by atoms with van der Waals surface area (Å²) in [6.07, 6.45) is 3.62. The second kappa shape index (κ2) is 7.63. The molecule has 3 unspecified atom stereocenters. The normalized spacial score (nSPS) is 23.9. The molecule has 1 aliphatic heterocycles. The maximum atomic E-state index is 12.0. The Morgan fingerprint density at radius 2 is 1.69 bits per heavy atom. The number of anilines is 1. The lowest BCUT2D eigenvalue weighted by Crippen LogP contribution is -2.62. The van der Waals surface area contributed by atoms with Crippen molar-refractivity contribution in [2.45, 2.75) is 17.7 Å². The van der Waals surface area contributed by atoms with Crippen LogP contribution in [0.15, 0.2) is 95.8 Å². The quantitative estimate of drug-likeness (QED) is 0.401. The minimum absolute atomic E-state index is 0.355. The van der Waals surface area contributed by atoms with E-state index in [0.717, 1.165) is 5.56 Å². The van der Waals surface area contributed by atoms with Gasteiger partial charge in [-0.1, -0.05) is 60.7 Å². The van der Waals surface area contributed by atoms with E-state index in [1.165, 1.54) is 0 Å². The van der Waals surface area contributed by atoms with Crippen molar-refractivity contribution in [1.82, 2.24) is 5.32 Å². The first-order valence-electron chi connectivity index (χ1n) is 9.25. The maximum Gasteiger partial charge on any atom is 0.227 e. The zero-order valence-corrected chi connectivity index (χ0v) is 16.5. The average Bonchev–Trinajstić information content (AvgIpc) is 2.74. The number of hydrogen-bond donors (Lipinski definition) is 4. The fraction of sp³-hybridized carbons (Fsp3) is 0.130. The van der Waals surface area contributed by atoms with E-state index in [4.69, 9.17) is 5.73 Å². The Labute approximate surface area is 175 Å². The summed E-state index contributed by atoms with van der Waals surface area (Å²) >= 11 is 4.53. The number of nitrogens with two attached hydrogens (primary N) is 1. The Bertz CT molecular complexity index is 1090. The van der Waals surface area contributed by atoms with E-state index in [9.17, 15) is 10.4 Å². The van der Waals surface area contributed by atoms with Gasteiger partial charge >= 0.3 is 0 Å². The monoisotopic (exact) mass is 401 g/mol. The van der Waals surface area contributed by atoms with Crippen LogP contribution in [0, 0.1) is 11.3 Å². The Balaban J connectivity index is 2.02. The van der Waals surface area contributed by atoms with Crippen LogP contribution in [0.2, 0.25) is 0 Å². The molecule has 0 aliphatic carbocycles. The maximum absolute atomic E-state index is 12.0. The summed E-state index contributed by atoms with van der Waals surface area (Å²) < 4.78 is 1.87. The topological polar surface area (TPSA) is 86.0 Å². The van der Waals surface area contributed by atoms with Gasteiger partial charge in [-0.3, -0.25) is 0 Å². The van der Waals surface area contributed by atoms with Gasteiger partial charge in [-0.15, -0.1) is 12.6 Å². The van der Waals surface area contributed by atoms with E-state index in [2.05, 4.69) is 24.0 Å².